The van der Waals surface area contributed by atoms with Gasteiger partial charge in [0.05, 0.1) is 46.8 Å². The number of rotatable bonds is 12. The molecule has 0 aliphatic heterocycles. The SMILES string of the molecule is CCC[C@H](N[S+]([O-])C(C)(C)C)c1cccc(-c2cc(O[Si](C)(C)C(C)(C)C)c3cnn(-c4cccc(CO[Si](C)(C)C(C)(C)C)n4)c3c2)n1. The Morgan fingerprint density at radius 3 is 2.14 bits per heavy atom. The molecular formula is C38H59N5O3SSi2. The highest BCUT2D eigenvalue weighted by Crippen LogP contribution is 2.41. The monoisotopic (exact) mass is 721 g/mol. The molecule has 0 saturated heterocycles. The van der Waals surface area contributed by atoms with E-state index in [9.17, 15) is 4.55 Å². The predicted octanol–water partition coefficient (Wildman–Crippen LogP) is 10.3. The Morgan fingerprint density at radius 1 is 0.878 bits per heavy atom. The van der Waals surface area contributed by atoms with Gasteiger partial charge in [-0.2, -0.15) is 5.10 Å². The largest absolute Gasteiger partial charge is 0.598 e. The van der Waals surface area contributed by atoms with E-state index in [1.807, 2.05) is 68.0 Å². The zero-order valence-corrected chi connectivity index (χ0v) is 35.1. The van der Waals surface area contributed by atoms with Crippen molar-refractivity contribution in [2.75, 3.05) is 0 Å². The van der Waals surface area contributed by atoms with Crippen molar-refractivity contribution in [1.29, 1.82) is 0 Å². The van der Waals surface area contributed by atoms with E-state index in [-0.39, 0.29) is 20.9 Å². The number of hydrogen-bond donors (Lipinski definition) is 1. The van der Waals surface area contributed by atoms with Gasteiger partial charge in [0.25, 0.3) is 8.32 Å². The Balaban J connectivity index is 1.83. The molecule has 3 aromatic heterocycles. The molecule has 1 aromatic carbocycles. The van der Waals surface area contributed by atoms with Crippen molar-refractivity contribution in [3.05, 3.63) is 66.1 Å². The normalized spacial score (nSPS) is 14.7. The molecular weight excluding hydrogens is 663 g/mol. The van der Waals surface area contributed by atoms with Gasteiger partial charge < -0.3 is 13.4 Å². The number of nitrogens with one attached hydrogen (secondary N) is 1. The van der Waals surface area contributed by atoms with Gasteiger partial charge in [-0.3, -0.25) is 4.98 Å². The maximum Gasteiger partial charge on any atom is 0.250 e. The van der Waals surface area contributed by atoms with E-state index in [0.29, 0.717) is 6.61 Å². The molecule has 8 nitrogen and oxygen atoms in total. The first-order valence-corrected chi connectivity index (χ1v) is 24.5. The van der Waals surface area contributed by atoms with Crippen LogP contribution >= 0.6 is 0 Å². The molecule has 49 heavy (non-hydrogen) atoms. The molecule has 268 valence electrons. The summed E-state index contributed by atoms with van der Waals surface area (Å²) in [6.07, 6.45) is 3.65. The molecule has 1 unspecified atom stereocenters. The van der Waals surface area contributed by atoms with Crippen molar-refractivity contribution in [2.24, 2.45) is 0 Å². The van der Waals surface area contributed by atoms with Crippen LogP contribution in [-0.4, -0.2) is 45.7 Å². The first-order valence-electron chi connectivity index (χ1n) is 17.5. The van der Waals surface area contributed by atoms with Gasteiger partial charge in [0.1, 0.15) is 10.5 Å². The van der Waals surface area contributed by atoms with Crippen LogP contribution < -0.4 is 9.15 Å². The number of nitrogens with zero attached hydrogens (tertiary/aromatic N) is 4. The van der Waals surface area contributed by atoms with Gasteiger partial charge in [0.15, 0.2) is 14.1 Å². The molecule has 11 heteroatoms. The Morgan fingerprint density at radius 2 is 1.53 bits per heavy atom. The molecule has 4 rings (SSSR count). The van der Waals surface area contributed by atoms with Crippen LogP contribution in [0.3, 0.4) is 0 Å². The minimum absolute atomic E-state index is 0.00523. The van der Waals surface area contributed by atoms with Crippen LogP contribution in [-0.2, 0) is 22.4 Å². The lowest BCUT2D eigenvalue weighted by Gasteiger charge is -2.36. The Kier molecular flexibility index (Phi) is 11.7. The van der Waals surface area contributed by atoms with Crippen LogP contribution in [0.5, 0.6) is 5.75 Å². The fraction of sp³-hybridized carbons (Fsp3) is 0.553. The van der Waals surface area contributed by atoms with Crippen molar-refractivity contribution in [3.8, 4) is 22.8 Å². The third-order valence-electron chi connectivity index (χ3n) is 10.0. The van der Waals surface area contributed by atoms with Gasteiger partial charge >= 0.3 is 0 Å². The zero-order valence-electron chi connectivity index (χ0n) is 32.3. The van der Waals surface area contributed by atoms with Gasteiger partial charge in [0.2, 0.25) is 0 Å². The third kappa shape index (κ3) is 9.23. The Hall–Kier alpha value is -2.55. The lowest BCUT2D eigenvalue weighted by atomic mass is 10.1. The van der Waals surface area contributed by atoms with Gasteiger partial charge in [-0.1, -0.05) is 67.0 Å². The van der Waals surface area contributed by atoms with Crippen LogP contribution in [0.25, 0.3) is 28.0 Å². The number of aromatic nitrogens is 4. The molecule has 0 radical (unpaired) electrons. The minimum atomic E-state index is -2.22. The summed E-state index contributed by atoms with van der Waals surface area (Å²) in [7, 11) is -4.16. The molecule has 0 saturated carbocycles. The Bertz CT molecular complexity index is 1740. The van der Waals surface area contributed by atoms with Crippen LogP contribution in [0.2, 0.25) is 36.3 Å². The predicted molar refractivity (Wildman–Crippen MR) is 211 cm³/mol. The van der Waals surface area contributed by atoms with E-state index in [0.717, 1.165) is 58.0 Å². The highest BCUT2D eigenvalue weighted by atomic mass is 32.2. The molecule has 0 aliphatic carbocycles. The molecule has 4 aromatic rings. The standard InChI is InChI=1S/C38H59N5O3SSi2/c1-15-18-32(42-47(44)36(2,3)4)31-21-17-20-30(41-31)27-23-33-29(34(24-27)46-49(13,14)38(8,9)10)25-39-43(33)35-22-16-19-28(40-35)26-45-48(11,12)37(5,6)7/h16-17,19-25,32,42H,15,18,26H2,1-14H3/t32-,47?/m0/s1. The van der Waals surface area contributed by atoms with Gasteiger partial charge in [-0.25, -0.2) is 9.67 Å². The van der Waals surface area contributed by atoms with E-state index in [1.54, 1.807) is 0 Å². The maximum absolute atomic E-state index is 13.1. The van der Waals surface area contributed by atoms with Crippen molar-refractivity contribution < 1.29 is 13.4 Å². The van der Waals surface area contributed by atoms with Gasteiger partial charge in [0, 0.05) is 16.9 Å². The first-order chi connectivity index (χ1) is 22.5. The van der Waals surface area contributed by atoms with Crippen molar-refractivity contribution >= 4 is 38.9 Å². The number of pyridine rings is 2. The highest BCUT2D eigenvalue weighted by Gasteiger charge is 2.40. The summed E-state index contributed by atoms with van der Waals surface area (Å²) in [5.74, 6) is 1.52. The van der Waals surface area contributed by atoms with E-state index in [1.165, 1.54) is 0 Å². The average molecular weight is 722 g/mol. The highest BCUT2D eigenvalue weighted by molar-refractivity contribution is 7.90. The van der Waals surface area contributed by atoms with Crippen LogP contribution in [0.1, 0.15) is 99.5 Å². The summed E-state index contributed by atoms with van der Waals surface area (Å²) in [4.78, 5) is 10.2. The summed E-state index contributed by atoms with van der Waals surface area (Å²) < 4.78 is 31.5. The lowest BCUT2D eigenvalue weighted by Crippen LogP contribution is -2.43. The summed E-state index contributed by atoms with van der Waals surface area (Å²) in [5.41, 5.74) is 4.38. The van der Waals surface area contributed by atoms with Crippen LogP contribution in [0.4, 0.5) is 0 Å². The van der Waals surface area contributed by atoms with Crippen LogP contribution in [0, 0.1) is 0 Å². The quantitative estimate of drug-likeness (QED) is 0.115. The number of benzene rings is 1. The molecule has 0 spiro atoms. The second-order valence-electron chi connectivity index (χ2n) is 17.1. The summed E-state index contributed by atoms with van der Waals surface area (Å²) in [5, 5.41) is 5.91. The third-order valence-corrected chi connectivity index (χ3v) is 20.5. The molecule has 0 fully saturated rings. The maximum atomic E-state index is 13.1. The van der Waals surface area contributed by atoms with Crippen molar-refractivity contribution in [3.63, 3.8) is 0 Å². The average Bonchev–Trinajstić information content (AvgIpc) is 3.43. The number of fused-ring (bicyclic) bond motifs is 1. The zero-order chi connectivity index (χ0) is 36.6. The summed E-state index contributed by atoms with van der Waals surface area (Å²) in [6.45, 7) is 31.1. The molecule has 0 bridgehead atoms. The second-order valence-corrected chi connectivity index (χ2v) is 28.7. The minimum Gasteiger partial charge on any atom is -0.598 e. The van der Waals surface area contributed by atoms with E-state index in [4.69, 9.17) is 23.9 Å². The summed E-state index contributed by atoms with van der Waals surface area (Å²) in [6, 6.07) is 16.2. The fourth-order valence-electron chi connectivity index (χ4n) is 4.74. The van der Waals surface area contributed by atoms with Crippen molar-refractivity contribution in [2.45, 2.75) is 136 Å². The molecule has 1 N–H and O–H groups in total. The Labute approximate surface area is 300 Å². The second kappa shape index (κ2) is 14.6. The number of hydrogen-bond acceptors (Lipinski definition) is 7. The van der Waals surface area contributed by atoms with E-state index >= 15 is 0 Å². The van der Waals surface area contributed by atoms with Crippen LogP contribution in [0.15, 0.2) is 54.7 Å². The molecule has 3 heterocycles. The topological polar surface area (TPSA) is 97.1 Å². The molecule has 0 aliphatic rings. The fourth-order valence-corrected chi connectivity index (χ4v) is 7.56. The van der Waals surface area contributed by atoms with E-state index < -0.39 is 28.0 Å². The smallest absolute Gasteiger partial charge is 0.250 e. The van der Waals surface area contributed by atoms with E-state index in [2.05, 4.69) is 91.5 Å². The molecule has 2 atom stereocenters. The lowest BCUT2D eigenvalue weighted by molar-refractivity contribution is 0.272. The first kappa shape index (κ1) is 39.2. The molecule has 0 amide bonds. The summed E-state index contributed by atoms with van der Waals surface area (Å²) >= 11 is -1.23. The van der Waals surface area contributed by atoms with Crippen molar-refractivity contribution in [1.82, 2.24) is 24.5 Å². The van der Waals surface area contributed by atoms with Gasteiger partial charge in [-0.05, 0) is 99.9 Å². The van der Waals surface area contributed by atoms with Gasteiger partial charge in [-0.15, -0.1) is 4.72 Å².